The fraction of sp³-hybridized carbons (Fsp3) is 0.250. The van der Waals surface area contributed by atoms with Crippen LogP contribution in [0.1, 0.15) is 19.4 Å². The van der Waals surface area contributed by atoms with Crippen LogP contribution >= 0.6 is 11.6 Å². The zero-order valence-electron chi connectivity index (χ0n) is 13.3. The highest BCUT2D eigenvalue weighted by molar-refractivity contribution is 6.31. The van der Waals surface area contributed by atoms with Gasteiger partial charge in [0, 0.05) is 11.2 Å². The van der Waals surface area contributed by atoms with E-state index in [1.807, 2.05) is 6.07 Å². The zero-order chi connectivity index (χ0) is 17.5. The van der Waals surface area contributed by atoms with Crippen LogP contribution in [0.25, 0.3) is 0 Å². The summed E-state index contributed by atoms with van der Waals surface area (Å²) in [5.74, 6) is -0.791. The van der Waals surface area contributed by atoms with Crippen LogP contribution in [-0.4, -0.2) is 38.7 Å². The monoisotopic (exact) mass is 348 g/mol. The smallest absolute Gasteiger partial charge is 0.343 e. The average molecular weight is 349 g/mol. The molecule has 0 spiro atoms. The fourth-order valence-corrected chi connectivity index (χ4v) is 2.11. The normalized spacial score (nSPS) is 12.3. The number of ether oxygens (including phenoxy) is 1. The maximum atomic E-state index is 11.7. The first kappa shape index (κ1) is 17.7. The SMILES string of the molecule is CCOC(=O)/C(C=Nc1ccc(Cn2cncn2)c(Cl)c1)=C(\C)O. The molecule has 7 nitrogen and oxygen atoms in total. The van der Waals surface area contributed by atoms with Gasteiger partial charge in [0.2, 0.25) is 0 Å². The van der Waals surface area contributed by atoms with Crippen LogP contribution in [0.4, 0.5) is 5.69 Å². The molecule has 0 amide bonds. The molecule has 0 atom stereocenters. The van der Waals surface area contributed by atoms with Crippen molar-refractivity contribution < 1.29 is 14.6 Å². The first-order valence-electron chi connectivity index (χ1n) is 7.23. The first-order chi connectivity index (χ1) is 11.5. The fourth-order valence-electron chi connectivity index (χ4n) is 1.88. The summed E-state index contributed by atoms with van der Waals surface area (Å²) >= 11 is 6.25. The third-order valence-electron chi connectivity index (χ3n) is 3.06. The summed E-state index contributed by atoms with van der Waals surface area (Å²) in [6.45, 7) is 3.79. The predicted molar refractivity (Wildman–Crippen MR) is 90.7 cm³/mol. The number of hydrogen-bond donors (Lipinski definition) is 1. The van der Waals surface area contributed by atoms with Crippen molar-refractivity contribution in [3.63, 3.8) is 0 Å². The number of hydrogen-bond acceptors (Lipinski definition) is 6. The van der Waals surface area contributed by atoms with Crippen molar-refractivity contribution in [2.45, 2.75) is 20.4 Å². The molecule has 126 valence electrons. The predicted octanol–water partition coefficient (Wildman–Crippen LogP) is 3.08. The Morgan fingerprint density at radius 1 is 1.50 bits per heavy atom. The van der Waals surface area contributed by atoms with Gasteiger partial charge >= 0.3 is 5.97 Å². The van der Waals surface area contributed by atoms with Crippen molar-refractivity contribution in [3.8, 4) is 0 Å². The van der Waals surface area contributed by atoms with Gasteiger partial charge < -0.3 is 9.84 Å². The molecule has 0 bridgehead atoms. The van der Waals surface area contributed by atoms with Crippen LogP contribution in [-0.2, 0) is 16.1 Å². The quantitative estimate of drug-likeness (QED) is 0.375. The molecule has 24 heavy (non-hydrogen) atoms. The van der Waals surface area contributed by atoms with E-state index >= 15 is 0 Å². The topological polar surface area (TPSA) is 89.6 Å². The highest BCUT2D eigenvalue weighted by Crippen LogP contribution is 2.23. The van der Waals surface area contributed by atoms with Gasteiger partial charge in [-0.15, -0.1) is 0 Å². The molecule has 2 aromatic rings. The lowest BCUT2D eigenvalue weighted by molar-refractivity contribution is -0.138. The van der Waals surface area contributed by atoms with Gasteiger partial charge in [-0.1, -0.05) is 17.7 Å². The molecule has 1 aromatic heterocycles. The Kier molecular flexibility index (Phi) is 6.08. The molecule has 2 rings (SSSR count). The molecule has 8 heteroatoms. The number of aromatic nitrogens is 3. The number of nitrogens with zero attached hydrogens (tertiary/aromatic N) is 4. The molecule has 0 radical (unpaired) electrons. The molecular weight excluding hydrogens is 332 g/mol. The Labute approximate surface area is 144 Å². The van der Waals surface area contributed by atoms with Crippen molar-refractivity contribution in [2.24, 2.45) is 4.99 Å². The van der Waals surface area contributed by atoms with Gasteiger partial charge in [-0.3, -0.25) is 4.99 Å². The van der Waals surface area contributed by atoms with Crippen LogP contribution in [0.5, 0.6) is 0 Å². The third-order valence-corrected chi connectivity index (χ3v) is 3.42. The number of esters is 1. The lowest BCUT2D eigenvalue weighted by Crippen LogP contribution is -2.10. The number of rotatable bonds is 6. The Balaban J connectivity index is 2.16. The van der Waals surface area contributed by atoms with Crippen molar-refractivity contribution in [2.75, 3.05) is 6.61 Å². The van der Waals surface area contributed by atoms with E-state index in [0.717, 1.165) is 5.56 Å². The maximum Gasteiger partial charge on any atom is 0.343 e. The summed E-state index contributed by atoms with van der Waals surface area (Å²) in [5.41, 5.74) is 1.41. The van der Waals surface area contributed by atoms with Crippen LogP contribution in [0.15, 0.2) is 47.2 Å². The minimum absolute atomic E-state index is 0.000311. The van der Waals surface area contributed by atoms with Gasteiger partial charge in [0.25, 0.3) is 0 Å². The molecule has 1 aromatic carbocycles. The Hall–Kier alpha value is -2.67. The van der Waals surface area contributed by atoms with Gasteiger partial charge in [-0.05, 0) is 31.5 Å². The molecule has 0 saturated carbocycles. The Morgan fingerprint density at radius 3 is 2.88 bits per heavy atom. The van der Waals surface area contributed by atoms with E-state index in [1.165, 1.54) is 19.5 Å². The highest BCUT2D eigenvalue weighted by Gasteiger charge is 2.12. The second-order valence-corrected chi connectivity index (χ2v) is 5.25. The molecular formula is C16H17ClN4O3. The second kappa shape index (κ2) is 8.26. The molecule has 0 saturated heterocycles. The van der Waals surface area contributed by atoms with E-state index in [4.69, 9.17) is 16.3 Å². The number of aliphatic imine (C=N–C) groups is 1. The van der Waals surface area contributed by atoms with Crippen molar-refractivity contribution in [1.29, 1.82) is 0 Å². The summed E-state index contributed by atoms with van der Waals surface area (Å²) in [5, 5.41) is 14.1. The van der Waals surface area contributed by atoms with Crippen LogP contribution in [0.2, 0.25) is 5.02 Å². The Bertz CT molecular complexity index is 766. The summed E-state index contributed by atoms with van der Waals surface area (Å²) in [6, 6.07) is 5.24. The number of halogens is 1. The largest absolute Gasteiger partial charge is 0.512 e. The second-order valence-electron chi connectivity index (χ2n) is 4.85. The molecule has 0 aliphatic carbocycles. The number of aliphatic hydroxyl groups excluding tert-OH is 1. The highest BCUT2D eigenvalue weighted by atomic mass is 35.5. The van der Waals surface area contributed by atoms with Crippen LogP contribution in [0.3, 0.4) is 0 Å². The Morgan fingerprint density at radius 2 is 2.29 bits per heavy atom. The molecule has 0 aliphatic rings. The van der Waals surface area contributed by atoms with E-state index in [-0.39, 0.29) is 17.9 Å². The lowest BCUT2D eigenvalue weighted by Gasteiger charge is -2.06. The molecule has 1 N–H and O–H groups in total. The van der Waals surface area contributed by atoms with Gasteiger partial charge in [0.1, 0.15) is 24.0 Å². The lowest BCUT2D eigenvalue weighted by atomic mass is 10.2. The van der Waals surface area contributed by atoms with Crippen LogP contribution < -0.4 is 0 Å². The standard InChI is InChI=1S/C16H17ClN4O3/c1-3-24-16(23)14(11(2)22)7-19-13-5-4-12(15(17)6-13)8-21-10-18-9-20-21/h4-7,9-10,22H,3,8H2,1-2H3/b14-11+,19-7?. The summed E-state index contributed by atoms with van der Waals surface area (Å²) in [6.07, 6.45) is 4.31. The molecule has 0 fully saturated rings. The number of carbonyl (C=O) groups is 1. The summed E-state index contributed by atoms with van der Waals surface area (Å²) in [4.78, 5) is 19.8. The van der Waals surface area contributed by atoms with Gasteiger partial charge in [0.05, 0.1) is 18.8 Å². The van der Waals surface area contributed by atoms with E-state index in [0.29, 0.717) is 17.3 Å². The third kappa shape index (κ3) is 4.66. The maximum absolute atomic E-state index is 11.7. The summed E-state index contributed by atoms with van der Waals surface area (Å²) in [7, 11) is 0. The van der Waals surface area contributed by atoms with E-state index < -0.39 is 5.97 Å². The number of benzene rings is 1. The number of carbonyl (C=O) groups excluding carboxylic acids is 1. The number of aliphatic hydroxyl groups is 1. The van der Waals surface area contributed by atoms with Gasteiger partial charge in [0.15, 0.2) is 0 Å². The molecule has 0 aliphatic heterocycles. The molecule has 0 unspecified atom stereocenters. The molecule has 1 heterocycles. The van der Waals surface area contributed by atoms with Crippen molar-refractivity contribution >= 4 is 29.5 Å². The van der Waals surface area contributed by atoms with Crippen molar-refractivity contribution in [1.82, 2.24) is 14.8 Å². The van der Waals surface area contributed by atoms with Crippen LogP contribution in [0, 0.1) is 0 Å². The first-order valence-corrected chi connectivity index (χ1v) is 7.61. The van der Waals surface area contributed by atoms with E-state index in [9.17, 15) is 9.90 Å². The zero-order valence-corrected chi connectivity index (χ0v) is 14.1. The van der Waals surface area contributed by atoms with Gasteiger partial charge in [-0.2, -0.15) is 5.10 Å². The van der Waals surface area contributed by atoms with E-state index in [2.05, 4.69) is 15.1 Å². The van der Waals surface area contributed by atoms with Gasteiger partial charge in [-0.25, -0.2) is 14.5 Å². The van der Waals surface area contributed by atoms with Crippen molar-refractivity contribution in [3.05, 3.63) is 52.8 Å². The minimum Gasteiger partial charge on any atom is -0.512 e. The number of allylic oxidation sites excluding steroid dienone is 1. The average Bonchev–Trinajstić information content (AvgIpc) is 3.03. The van der Waals surface area contributed by atoms with E-state index in [1.54, 1.807) is 30.1 Å². The summed E-state index contributed by atoms with van der Waals surface area (Å²) < 4.78 is 6.52. The minimum atomic E-state index is -0.629.